The summed E-state index contributed by atoms with van der Waals surface area (Å²) in [6.07, 6.45) is 2.85. The highest BCUT2D eigenvalue weighted by Crippen LogP contribution is 2.36. The van der Waals surface area contributed by atoms with Gasteiger partial charge in [0.2, 0.25) is 0 Å². The second-order valence-corrected chi connectivity index (χ2v) is 4.99. The van der Waals surface area contributed by atoms with Gasteiger partial charge in [-0.05, 0) is 25.5 Å². The number of pyridine rings is 1. The van der Waals surface area contributed by atoms with Crippen molar-refractivity contribution < 1.29 is 5.11 Å². The number of likely N-dealkylation sites (tertiary alicyclic amines) is 1. The number of halogens is 1. The molecule has 0 spiro atoms. The van der Waals surface area contributed by atoms with E-state index in [1.807, 2.05) is 0 Å². The summed E-state index contributed by atoms with van der Waals surface area (Å²) in [5.41, 5.74) is 5.62. The molecule has 5 heteroatoms. The van der Waals surface area contributed by atoms with E-state index in [-0.39, 0.29) is 0 Å². The standard InChI is InChI=1S/C12H18ClN3O/c1-2-16-5-3-12(17,4-6-16)10-7-9(13)8-15-11(10)14/h7-8,17H,2-6H2,1H3,(H2,14,15). The fraction of sp³-hybridized carbons (Fsp3) is 0.583. The molecule has 4 nitrogen and oxygen atoms in total. The van der Waals surface area contributed by atoms with Crippen molar-refractivity contribution in [3.8, 4) is 0 Å². The van der Waals surface area contributed by atoms with Crippen LogP contribution in [0.1, 0.15) is 25.3 Å². The van der Waals surface area contributed by atoms with Crippen LogP contribution < -0.4 is 5.73 Å². The van der Waals surface area contributed by atoms with Crippen molar-refractivity contribution in [1.82, 2.24) is 9.88 Å². The van der Waals surface area contributed by atoms with Crippen molar-refractivity contribution in [2.75, 3.05) is 25.4 Å². The second-order valence-electron chi connectivity index (χ2n) is 4.55. The number of rotatable bonds is 2. The van der Waals surface area contributed by atoms with Crippen LogP contribution in [0.2, 0.25) is 5.02 Å². The van der Waals surface area contributed by atoms with Crippen LogP contribution in [0.15, 0.2) is 12.3 Å². The smallest absolute Gasteiger partial charge is 0.129 e. The number of nitrogens with two attached hydrogens (primary N) is 1. The van der Waals surface area contributed by atoms with Crippen molar-refractivity contribution in [3.05, 3.63) is 22.8 Å². The molecule has 3 N–H and O–H groups in total. The summed E-state index contributed by atoms with van der Waals surface area (Å²) < 4.78 is 0. The number of nitrogen functional groups attached to an aromatic ring is 1. The van der Waals surface area contributed by atoms with Gasteiger partial charge in [-0.15, -0.1) is 0 Å². The summed E-state index contributed by atoms with van der Waals surface area (Å²) in [4.78, 5) is 6.32. The number of hydrogen-bond donors (Lipinski definition) is 2. The van der Waals surface area contributed by atoms with Crippen LogP contribution in [0.25, 0.3) is 0 Å². The van der Waals surface area contributed by atoms with Gasteiger partial charge in [0, 0.05) is 24.8 Å². The molecule has 2 rings (SSSR count). The zero-order chi connectivity index (χ0) is 12.5. The fourth-order valence-corrected chi connectivity index (χ4v) is 2.49. The molecular formula is C12H18ClN3O. The number of piperidine rings is 1. The molecule has 0 aliphatic carbocycles. The first kappa shape index (κ1) is 12.6. The van der Waals surface area contributed by atoms with Gasteiger partial charge in [-0.25, -0.2) is 4.98 Å². The van der Waals surface area contributed by atoms with E-state index >= 15 is 0 Å². The topological polar surface area (TPSA) is 62.4 Å². The molecular weight excluding hydrogens is 238 g/mol. The summed E-state index contributed by atoms with van der Waals surface area (Å²) >= 11 is 5.91. The van der Waals surface area contributed by atoms with Crippen LogP contribution >= 0.6 is 11.6 Å². The Kier molecular flexibility index (Phi) is 3.56. The molecule has 1 aliphatic rings. The van der Waals surface area contributed by atoms with Crippen LogP contribution in [0.3, 0.4) is 0 Å². The lowest BCUT2D eigenvalue weighted by molar-refractivity contribution is -0.0242. The molecule has 1 aromatic rings. The largest absolute Gasteiger partial charge is 0.385 e. The van der Waals surface area contributed by atoms with Crippen molar-refractivity contribution >= 4 is 17.4 Å². The molecule has 1 aromatic heterocycles. The highest BCUT2D eigenvalue weighted by molar-refractivity contribution is 6.30. The van der Waals surface area contributed by atoms with Gasteiger partial charge < -0.3 is 15.7 Å². The molecule has 2 heterocycles. The monoisotopic (exact) mass is 255 g/mol. The van der Waals surface area contributed by atoms with Crippen molar-refractivity contribution in [1.29, 1.82) is 0 Å². The van der Waals surface area contributed by atoms with E-state index < -0.39 is 5.60 Å². The van der Waals surface area contributed by atoms with E-state index in [2.05, 4.69) is 16.8 Å². The Morgan fingerprint density at radius 3 is 2.76 bits per heavy atom. The quantitative estimate of drug-likeness (QED) is 0.843. The third kappa shape index (κ3) is 2.54. The lowest BCUT2D eigenvalue weighted by Gasteiger charge is -2.38. The zero-order valence-electron chi connectivity index (χ0n) is 9.99. The van der Waals surface area contributed by atoms with Crippen LogP contribution in [0.5, 0.6) is 0 Å². The number of anilines is 1. The molecule has 0 aromatic carbocycles. The molecule has 0 radical (unpaired) electrons. The molecule has 94 valence electrons. The van der Waals surface area contributed by atoms with Gasteiger partial charge >= 0.3 is 0 Å². The Morgan fingerprint density at radius 1 is 1.53 bits per heavy atom. The first-order chi connectivity index (χ1) is 8.05. The number of nitrogens with zero attached hydrogens (tertiary/aromatic N) is 2. The third-order valence-corrected chi connectivity index (χ3v) is 3.72. The predicted octanol–water partition coefficient (Wildman–Crippen LogP) is 1.62. The maximum absolute atomic E-state index is 10.7. The molecule has 1 aliphatic heterocycles. The highest BCUT2D eigenvalue weighted by Gasteiger charge is 2.35. The molecule has 0 bridgehead atoms. The molecule has 0 atom stereocenters. The van der Waals surface area contributed by atoms with Gasteiger partial charge in [-0.3, -0.25) is 0 Å². The minimum Gasteiger partial charge on any atom is -0.385 e. The van der Waals surface area contributed by atoms with E-state index in [1.165, 1.54) is 6.20 Å². The van der Waals surface area contributed by atoms with E-state index in [1.54, 1.807) is 6.07 Å². The summed E-state index contributed by atoms with van der Waals surface area (Å²) in [7, 11) is 0. The maximum atomic E-state index is 10.7. The molecule has 17 heavy (non-hydrogen) atoms. The van der Waals surface area contributed by atoms with Crippen LogP contribution in [0.4, 0.5) is 5.82 Å². The molecule has 1 saturated heterocycles. The molecule has 0 unspecified atom stereocenters. The summed E-state index contributed by atoms with van der Waals surface area (Å²) in [6.45, 7) is 4.89. The van der Waals surface area contributed by atoms with Gasteiger partial charge in [0.25, 0.3) is 0 Å². The molecule has 1 fully saturated rings. The average Bonchev–Trinajstić information content (AvgIpc) is 2.33. The lowest BCUT2D eigenvalue weighted by Crippen LogP contribution is -2.42. The van der Waals surface area contributed by atoms with Gasteiger partial charge in [0.1, 0.15) is 5.82 Å². The number of aliphatic hydroxyl groups is 1. The fourth-order valence-electron chi connectivity index (χ4n) is 2.33. The minimum absolute atomic E-state index is 0.377. The Hall–Kier alpha value is -0.840. The normalized spacial score (nSPS) is 20.4. The SMILES string of the molecule is CCN1CCC(O)(c2cc(Cl)cnc2N)CC1. The van der Waals surface area contributed by atoms with Crippen LogP contribution in [-0.2, 0) is 5.60 Å². The lowest BCUT2D eigenvalue weighted by atomic mass is 9.84. The van der Waals surface area contributed by atoms with E-state index in [4.69, 9.17) is 17.3 Å². The van der Waals surface area contributed by atoms with Crippen molar-refractivity contribution in [2.45, 2.75) is 25.4 Å². The first-order valence-electron chi connectivity index (χ1n) is 5.91. The summed E-state index contributed by atoms with van der Waals surface area (Å²) in [5.74, 6) is 0.377. The number of hydrogen-bond acceptors (Lipinski definition) is 4. The minimum atomic E-state index is -0.881. The van der Waals surface area contributed by atoms with Crippen molar-refractivity contribution in [2.24, 2.45) is 0 Å². The van der Waals surface area contributed by atoms with Crippen LogP contribution in [-0.4, -0.2) is 34.6 Å². The molecule has 0 saturated carbocycles. The van der Waals surface area contributed by atoms with Crippen molar-refractivity contribution in [3.63, 3.8) is 0 Å². The van der Waals surface area contributed by atoms with Crippen LogP contribution in [0, 0.1) is 0 Å². The van der Waals surface area contributed by atoms with Gasteiger partial charge in [-0.2, -0.15) is 0 Å². The maximum Gasteiger partial charge on any atom is 0.129 e. The Morgan fingerprint density at radius 2 is 2.18 bits per heavy atom. The van der Waals surface area contributed by atoms with Gasteiger partial charge in [0.05, 0.1) is 10.6 Å². The Labute approximate surface area is 106 Å². The second kappa shape index (κ2) is 4.80. The van der Waals surface area contributed by atoms with E-state index in [0.717, 1.165) is 19.6 Å². The predicted molar refractivity (Wildman–Crippen MR) is 68.9 cm³/mol. The van der Waals surface area contributed by atoms with E-state index in [9.17, 15) is 5.11 Å². The number of aromatic nitrogens is 1. The molecule has 0 amide bonds. The zero-order valence-corrected chi connectivity index (χ0v) is 10.7. The Balaban J connectivity index is 2.24. The van der Waals surface area contributed by atoms with Gasteiger partial charge in [-0.1, -0.05) is 18.5 Å². The Bertz CT molecular complexity index is 403. The summed E-state index contributed by atoms with van der Waals surface area (Å²) in [5, 5.41) is 11.2. The summed E-state index contributed by atoms with van der Waals surface area (Å²) in [6, 6.07) is 1.73. The first-order valence-corrected chi connectivity index (χ1v) is 6.29. The average molecular weight is 256 g/mol. The van der Waals surface area contributed by atoms with E-state index in [0.29, 0.717) is 29.2 Å². The third-order valence-electron chi connectivity index (χ3n) is 3.52. The van der Waals surface area contributed by atoms with Gasteiger partial charge in [0.15, 0.2) is 0 Å². The highest BCUT2D eigenvalue weighted by atomic mass is 35.5.